The average molecular weight is 330 g/mol. The molecule has 2 unspecified atom stereocenters. The minimum Gasteiger partial charge on any atom is -0.460 e. The normalized spacial score (nSPS) is 24.0. The fourth-order valence-corrected chi connectivity index (χ4v) is 3.56. The van der Waals surface area contributed by atoms with Gasteiger partial charge in [0.15, 0.2) is 0 Å². The summed E-state index contributed by atoms with van der Waals surface area (Å²) >= 11 is 0. The lowest BCUT2D eigenvalue weighted by Crippen LogP contribution is -2.29. The molecule has 0 bridgehead atoms. The summed E-state index contributed by atoms with van der Waals surface area (Å²) in [6.45, 7) is 5.70. The summed E-state index contributed by atoms with van der Waals surface area (Å²) in [7, 11) is 0. The number of aldehydes is 1. The highest BCUT2D eigenvalue weighted by Crippen LogP contribution is 2.35. The number of carbonyl (C=O) groups excluding carboxylic acids is 2. The number of nitrogens with zero attached hydrogens (tertiary/aromatic N) is 1. The van der Waals surface area contributed by atoms with E-state index in [1.807, 2.05) is 20.8 Å². The Bertz CT molecular complexity index is 667. The maximum Gasteiger partial charge on any atom is 0.309 e. The number of ether oxygens (including phenoxy) is 1. The van der Waals surface area contributed by atoms with E-state index in [1.165, 1.54) is 11.1 Å². The molecule has 0 fully saturated rings. The molecule has 0 radical (unpaired) electrons. The number of carbonyl (C=O) groups is 2. The maximum absolute atomic E-state index is 12.2. The molecule has 24 heavy (non-hydrogen) atoms. The summed E-state index contributed by atoms with van der Waals surface area (Å²) in [5.74, 6) is -0.0412. The van der Waals surface area contributed by atoms with Gasteiger partial charge >= 0.3 is 5.97 Å². The van der Waals surface area contributed by atoms with Crippen LogP contribution in [0.25, 0.3) is 5.57 Å². The maximum atomic E-state index is 12.2. The molecule has 2 aliphatic carbocycles. The van der Waals surface area contributed by atoms with E-state index in [2.05, 4.69) is 16.3 Å². The Labute approximate surface area is 142 Å². The lowest BCUT2D eigenvalue weighted by Gasteiger charge is -2.26. The lowest BCUT2D eigenvalue weighted by atomic mass is 9.83. The van der Waals surface area contributed by atoms with Gasteiger partial charge in [-0.3, -0.25) is 9.89 Å². The third-order valence-corrected chi connectivity index (χ3v) is 4.83. The molecule has 5 heteroatoms. The molecule has 0 saturated heterocycles. The monoisotopic (exact) mass is 330 g/mol. The quantitative estimate of drug-likeness (QED) is 0.682. The van der Waals surface area contributed by atoms with Crippen LogP contribution < -0.4 is 0 Å². The van der Waals surface area contributed by atoms with Crippen LogP contribution in [0.4, 0.5) is 0 Å². The summed E-state index contributed by atoms with van der Waals surface area (Å²) in [6, 6.07) is 0. The minimum absolute atomic E-state index is 0.0535. The average Bonchev–Trinajstić information content (AvgIpc) is 2.96. The van der Waals surface area contributed by atoms with Crippen LogP contribution in [0.3, 0.4) is 0 Å². The molecule has 0 spiro atoms. The Balaban J connectivity index is 1.69. The number of aromatic amines is 1. The van der Waals surface area contributed by atoms with E-state index >= 15 is 0 Å². The highest BCUT2D eigenvalue weighted by molar-refractivity contribution is 5.76. The van der Waals surface area contributed by atoms with Crippen molar-refractivity contribution >= 4 is 17.8 Å². The van der Waals surface area contributed by atoms with Crippen molar-refractivity contribution in [2.24, 2.45) is 11.8 Å². The molecule has 0 aliphatic heterocycles. The Hall–Kier alpha value is -1.91. The number of hydrogen-bond acceptors (Lipinski definition) is 4. The van der Waals surface area contributed by atoms with Crippen LogP contribution in [0.15, 0.2) is 6.08 Å². The molecule has 1 aromatic heterocycles. The van der Waals surface area contributed by atoms with Gasteiger partial charge in [0.2, 0.25) is 0 Å². The van der Waals surface area contributed by atoms with Gasteiger partial charge in [-0.1, -0.05) is 6.08 Å². The van der Waals surface area contributed by atoms with Crippen molar-refractivity contribution in [1.29, 1.82) is 0 Å². The Morgan fingerprint density at radius 3 is 2.75 bits per heavy atom. The van der Waals surface area contributed by atoms with Gasteiger partial charge in [-0.15, -0.1) is 0 Å². The Morgan fingerprint density at radius 2 is 2.12 bits per heavy atom. The number of nitrogens with one attached hydrogen (secondary N) is 1. The Kier molecular flexibility index (Phi) is 4.61. The first-order chi connectivity index (χ1) is 11.4. The van der Waals surface area contributed by atoms with E-state index in [4.69, 9.17) is 4.74 Å². The summed E-state index contributed by atoms with van der Waals surface area (Å²) in [4.78, 5) is 23.2. The van der Waals surface area contributed by atoms with Crippen LogP contribution >= 0.6 is 0 Å². The zero-order valence-corrected chi connectivity index (χ0v) is 14.7. The van der Waals surface area contributed by atoms with Crippen LogP contribution in [0.1, 0.15) is 63.4 Å². The number of allylic oxidation sites excluding steroid dienone is 2. The van der Waals surface area contributed by atoms with Crippen LogP contribution in [-0.4, -0.2) is 28.1 Å². The van der Waals surface area contributed by atoms with Crippen molar-refractivity contribution in [3.05, 3.63) is 23.0 Å². The van der Waals surface area contributed by atoms with Crippen molar-refractivity contribution < 1.29 is 14.3 Å². The van der Waals surface area contributed by atoms with E-state index < -0.39 is 5.60 Å². The van der Waals surface area contributed by atoms with E-state index in [1.54, 1.807) is 0 Å². The van der Waals surface area contributed by atoms with Crippen molar-refractivity contribution in [3.63, 3.8) is 0 Å². The van der Waals surface area contributed by atoms with Crippen molar-refractivity contribution in [2.75, 3.05) is 0 Å². The lowest BCUT2D eigenvalue weighted by molar-refractivity contribution is -0.160. The van der Waals surface area contributed by atoms with Crippen LogP contribution in [0.5, 0.6) is 0 Å². The molecule has 1 heterocycles. The molecule has 5 nitrogen and oxygen atoms in total. The van der Waals surface area contributed by atoms with E-state index in [0.29, 0.717) is 6.42 Å². The summed E-state index contributed by atoms with van der Waals surface area (Å²) < 4.78 is 5.49. The van der Waals surface area contributed by atoms with Crippen LogP contribution in [0.2, 0.25) is 0 Å². The third-order valence-electron chi connectivity index (χ3n) is 4.83. The zero-order chi connectivity index (χ0) is 17.3. The topological polar surface area (TPSA) is 72.0 Å². The van der Waals surface area contributed by atoms with Gasteiger partial charge in [0, 0.05) is 17.2 Å². The van der Waals surface area contributed by atoms with E-state index in [-0.39, 0.29) is 17.8 Å². The molecule has 0 saturated carbocycles. The first-order valence-electron chi connectivity index (χ1n) is 8.81. The second-order valence-corrected chi connectivity index (χ2v) is 7.90. The SMILES string of the molecule is CC(C)(C)OC(=O)C1CC=C(c2n[nH]c3c2CCC(C=O)C3)CC1. The number of hydrogen-bond donors (Lipinski definition) is 1. The predicted octanol–water partition coefficient (Wildman–Crippen LogP) is 3.24. The predicted molar refractivity (Wildman–Crippen MR) is 91.3 cm³/mol. The molecule has 1 aromatic rings. The van der Waals surface area contributed by atoms with Gasteiger partial charge < -0.3 is 9.53 Å². The summed E-state index contributed by atoms with van der Waals surface area (Å²) in [5.41, 5.74) is 4.18. The molecule has 0 amide bonds. The molecule has 2 aliphatic rings. The van der Waals surface area contributed by atoms with Gasteiger partial charge in [0.1, 0.15) is 11.9 Å². The second-order valence-electron chi connectivity index (χ2n) is 7.90. The van der Waals surface area contributed by atoms with E-state index in [9.17, 15) is 9.59 Å². The van der Waals surface area contributed by atoms with Gasteiger partial charge in [0.05, 0.1) is 11.6 Å². The van der Waals surface area contributed by atoms with Crippen LogP contribution in [-0.2, 0) is 27.2 Å². The van der Waals surface area contributed by atoms with Crippen molar-refractivity contribution in [3.8, 4) is 0 Å². The molecule has 2 atom stereocenters. The first kappa shape index (κ1) is 16.9. The fourth-order valence-electron chi connectivity index (χ4n) is 3.56. The number of esters is 1. The third kappa shape index (κ3) is 3.60. The van der Waals surface area contributed by atoms with E-state index in [0.717, 1.165) is 49.8 Å². The molecule has 130 valence electrons. The number of H-pyrrole nitrogens is 1. The number of rotatable bonds is 3. The Morgan fingerprint density at radius 1 is 1.33 bits per heavy atom. The summed E-state index contributed by atoms with van der Waals surface area (Å²) in [5, 5.41) is 7.61. The summed E-state index contributed by atoms with van der Waals surface area (Å²) in [6.07, 6.45) is 8.11. The second kappa shape index (κ2) is 6.54. The van der Waals surface area contributed by atoms with Crippen molar-refractivity contribution in [1.82, 2.24) is 10.2 Å². The fraction of sp³-hybridized carbons (Fsp3) is 0.632. The molecular weight excluding hydrogens is 304 g/mol. The van der Waals surface area contributed by atoms with Crippen LogP contribution in [0, 0.1) is 11.8 Å². The van der Waals surface area contributed by atoms with Gasteiger partial charge in [-0.25, -0.2) is 0 Å². The van der Waals surface area contributed by atoms with Gasteiger partial charge in [-0.2, -0.15) is 5.10 Å². The van der Waals surface area contributed by atoms with Gasteiger partial charge in [0.25, 0.3) is 0 Å². The first-order valence-corrected chi connectivity index (χ1v) is 8.81. The van der Waals surface area contributed by atoms with Gasteiger partial charge in [-0.05, 0) is 64.9 Å². The highest BCUT2D eigenvalue weighted by Gasteiger charge is 2.29. The standard InChI is InChI=1S/C19H26N2O3/c1-19(2,3)24-18(23)14-7-5-13(6-8-14)17-15-9-4-12(11-22)10-16(15)20-21-17/h5,11-12,14H,4,6-10H2,1-3H3,(H,20,21). The smallest absolute Gasteiger partial charge is 0.309 e. The van der Waals surface area contributed by atoms with Crippen molar-refractivity contribution in [2.45, 2.75) is 64.9 Å². The molecule has 3 rings (SSSR count). The minimum atomic E-state index is -0.433. The largest absolute Gasteiger partial charge is 0.460 e. The molecular formula is C19H26N2O3. The number of fused-ring (bicyclic) bond motifs is 1. The molecule has 1 N–H and O–H groups in total. The molecule has 0 aromatic carbocycles. The highest BCUT2D eigenvalue weighted by atomic mass is 16.6. The number of aromatic nitrogens is 2. The zero-order valence-electron chi connectivity index (χ0n) is 14.7.